The van der Waals surface area contributed by atoms with E-state index in [-0.39, 0.29) is 12.6 Å². The average molecular weight is 380 g/mol. The van der Waals surface area contributed by atoms with Gasteiger partial charge >= 0.3 is 12.0 Å². The summed E-state index contributed by atoms with van der Waals surface area (Å²) in [6.07, 6.45) is 0. The van der Waals surface area contributed by atoms with Gasteiger partial charge < -0.3 is 14.8 Å². The predicted octanol–water partition coefficient (Wildman–Crippen LogP) is 3.80. The number of allylic oxidation sites excluding steroid dienone is 1. The minimum atomic E-state index is -0.579. The fraction of sp³-hybridized carbons (Fsp3) is 0.273. The summed E-state index contributed by atoms with van der Waals surface area (Å²) >= 11 is 0. The third-order valence-corrected chi connectivity index (χ3v) is 4.72. The maximum absolute atomic E-state index is 12.8. The Morgan fingerprint density at radius 1 is 1.11 bits per heavy atom. The van der Waals surface area contributed by atoms with Crippen LogP contribution in [0.3, 0.4) is 0 Å². The standard InChI is InChI=1S/C22H24N2O4/c1-4-28-21(25)19-15(2)24(14-16-8-6-5-7-9-16)22(26)23-20(19)17-10-12-18(27-3)13-11-17/h5-13,20H,4,14H2,1-3H3,(H,23,26)/t20-/m1/s1. The number of amides is 2. The van der Waals surface area contributed by atoms with Crippen molar-refractivity contribution in [3.05, 3.63) is 77.0 Å². The first-order valence-electron chi connectivity index (χ1n) is 9.19. The zero-order chi connectivity index (χ0) is 20.1. The van der Waals surface area contributed by atoms with E-state index in [1.54, 1.807) is 38.0 Å². The van der Waals surface area contributed by atoms with E-state index in [1.807, 2.05) is 42.5 Å². The van der Waals surface area contributed by atoms with E-state index in [2.05, 4.69) is 5.32 Å². The third kappa shape index (κ3) is 4.01. The van der Waals surface area contributed by atoms with Gasteiger partial charge in [-0.3, -0.25) is 4.90 Å². The molecule has 28 heavy (non-hydrogen) atoms. The fourth-order valence-electron chi connectivity index (χ4n) is 3.26. The second kappa shape index (κ2) is 8.61. The number of carbonyl (C=O) groups is 2. The highest BCUT2D eigenvalue weighted by atomic mass is 16.5. The first-order valence-corrected chi connectivity index (χ1v) is 9.19. The summed E-state index contributed by atoms with van der Waals surface area (Å²) < 4.78 is 10.5. The summed E-state index contributed by atoms with van der Waals surface area (Å²) in [5.41, 5.74) is 2.79. The first kappa shape index (κ1) is 19.5. The van der Waals surface area contributed by atoms with E-state index >= 15 is 0 Å². The number of hydrogen-bond acceptors (Lipinski definition) is 4. The Bertz CT molecular complexity index is 875. The molecular weight excluding hydrogens is 356 g/mol. The molecule has 1 aliphatic heterocycles. The summed E-state index contributed by atoms with van der Waals surface area (Å²) in [4.78, 5) is 27.2. The van der Waals surface area contributed by atoms with Gasteiger partial charge in [0.1, 0.15) is 5.75 Å². The lowest BCUT2D eigenvalue weighted by Gasteiger charge is -2.35. The van der Waals surface area contributed by atoms with Crippen LogP contribution in [0.4, 0.5) is 4.79 Å². The van der Waals surface area contributed by atoms with Crippen molar-refractivity contribution in [3.63, 3.8) is 0 Å². The van der Waals surface area contributed by atoms with Crippen molar-refractivity contribution in [3.8, 4) is 5.75 Å². The van der Waals surface area contributed by atoms with Crippen LogP contribution in [0.1, 0.15) is 31.0 Å². The molecule has 0 bridgehead atoms. The van der Waals surface area contributed by atoms with Crippen LogP contribution >= 0.6 is 0 Å². The zero-order valence-electron chi connectivity index (χ0n) is 16.3. The van der Waals surface area contributed by atoms with E-state index in [1.165, 1.54) is 0 Å². The number of hydrogen-bond donors (Lipinski definition) is 1. The quantitative estimate of drug-likeness (QED) is 0.774. The highest BCUT2D eigenvalue weighted by Gasteiger charge is 2.36. The van der Waals surface area contributed by atoms with Crippen LogP contribution in [0, 0.1) is 0 Å². The van der Waals surface area contributed by atoms with Crippen LogP contribution in [0.2, 0.25) is 0 Å². The number of methoxy groups -OCH3 is 1. The van der Waals surface area contributed by atoms with Crippen LogP contribution in [-0.2, 0) is 16.1 Å². The summed E-state index contributed by atoms with van der Waals surface area (Å²) in [5, 5.41) is 2.95. The molecule has 1 atom stereocenters. The molecule has 0 radical (unpaired) electrons. The number of urea groups is 1. The highest BCUT2D eigenvalue weighted by molar-refractivity contribution is 5.95. The molecule has 0 spiro atoms. The number of ether oxygens (including phenoxy) is 2. The molecule has 0 unspecified atom stereocenters. The van der Waals surface area contributed by atoms with Gasteiger partial charge in [0.05, 0.1) is 31.9 Å². The normalized spacial score (nSPS) is 16.6. The number of rotatable bonds is 6. The molecule has 2 amide bonds. The maximum atomic E-state index is 12.8. The second-order valence-corrected chi connectivity index (χ2v) is 6.45. The van der Waals surface area contributed by atoms with Crippen LogP contribution < -0.4 is 10.1 Å². The minimum absolute atomic E-state index is 0.254. The number of benzene rings is 2. The average Bonchev–Trinajstić information content (AvgIpc) is 2.71. The molecule has 1 aliphatic rings. The van der Waals surface area contributed by atoms with Crippen LogP contribution in [-0.4, -0.2) is 30.6 Å². The number of carbonyl (C=O) groups excluding carboxylic acids is 2. The second-order valence-electron chi connectivity index (χ2n) is 6.45. The zero-order valence-corrected chi connectivity index (χ0v) is 16.3. The topological polar surface area (TPSA) is 67.9 Å². The van der Waals surface area contributed by atoms with Gasteiger partial charge in [-0.2, -0.15) is 0 Å². The Morgan fingerprint density at radius 3 is 2.39 bits per heavy atom. The van der Waals surface area contributed by atoms with Gasteiger partial charge in [0, 0.05) is 5.70 Å². The molecule has 0 aliphatic carbocycles. The molecule has 1 N–H and O–H groups in total. The SMILES string of the molecule is CCOC(=O)C1=C(C)N(Cc2ccccc2)C(=O)N[C@@H]1c1ccc(OC)cc1. The lowest BCUT2D eigenvalue weighted by atomic mass is 9.94. The monoisotopic (exact) mass is 380 g/mol. The van der Waals surface area contributed by atoms with E-state index < -0.39 is 12.0 Å². The van der Waals surface area contributed by atoms with Gasteiger partial charge in [0.25, 0.3) is 0 Å². The molecule has 2 aromatic rings. The summed E-state index contributed by atoms with van der Waals surface area (Å²) in [5.74, 6) is 0.272. The number of esters is 1. The van der Waals surface area contributed by atoms with Gasteiger partial charge in [-0.15, -0.1) is 0 Å². The molecule has 0 saturated heterocycles. The van der Waals surface area contributed by atoms with E-state index in [0.717, 1.165) is 11.1 Å². The van der Waals surface area contributed by atoms with Gasteiger partial charge in [0.15, 0.2) is 0 Å². The maximum Gasteiger partial charge on any atom is 0.338 e. The van der Waals surface area contributed by atoms with Crippen LogP contribution in [0.15, 0.2) is 65.9 Å². The number of nitrogens with zero attached hydrogens (tertiary/aromatic N) is 1. The van der Waals surface area contributed by atoms with Crippen molar-refractivity contribution < 1.29 is 19.1 Å². The molecule has 146 valence electrons. The molecule has 6 nitrogen and oxygen atoms in total. The van der Waals surface area contributed by atoms with E-state index in [0.29, 0.717) is 23.6 Å². The summed E-state index contributed by atoms with van der Waals surface area (Å²) in [6, 6.07) is 16.1. The smallest absolute Gasteiger partial charge is 0.338 e. The number of nitrogens with one attached hydrogen (secondary N) is 1. The molecule has 0 saturated carbocycles. The molecule has 2 aromatic carbocycles. The van der Waals surface area contributed by atoms with Crippen molar-refractivity contribution in [1.29, 1.82) is 0 Å². The highest BCUT2D eigenvalue weighted by Crippen LogP contribution is 2.32. The van der Waals surface area contributed by atoms with Gasteiger partial charge in [-0.1, -0.05) is 42.5 Å². The lowest BCUT2D eigenvalue weighted by Crippen LogP contribution is -2.47. The largest absolute Gasteiger partial charge is 0.497 e. The Morgan fingerprint density at radius 2 is 1.79 bits per heavy atom. The summed E-state index contributed by atoms with van der Waals surface area (Å²) in [6.45, 7) is 4.18. The minimum Gasteiger partial charge on any atom is -0.497 e. The molecule has 0 aromatic heterocycles. The van der Waals surface area contributed by atoms with E-state index in [9.17, 15) is 9.59 Å². The lowest BCUT2D eigenvalue weighted by molar-refractivity contribution is -0.139. The van der Waals surface area contributed by atoms with Crippen LogP contribution in [0.5, 0.6) is 5.75 Å². The Labute approximate surface area is 164 Å². The Hall–Kier alpha value is -3.28. The van der Waals surface area contributed by atoms with Crippen molar-refractivity contribution in [2.24, 2.45) is 0 Å². The van der Waals surface area contributed by atoms with Crippen molar-refractivity contribution >= 4 is 12.0 Å². The molecule has 3 rings (SSSR count). The van der Waals surface area contributed by atoms with Crippen LogP contribution in [0.25, 0.3) is 0 Å². The van der Waals surface area contributed by atoms with Gasteiger partial charge in [0.2, 0.25) is 0 Å². The summed E-state index contributed by atoms with van der Waals surface area (Å²) in [7, 11) is 1.59. The van der Waals surface area contributed by atoms with Crippen molar-refractivity contribution in [2.75, 3.05) is 13.7 Å². The third-order valence-electron chi connectivity index (χ3n) is 4.72. The molecule has 6 heteroatoms. The fourth-order valence-corrected chi connectivity index (χ4v) is 3.26. The Kier molecular flexibility index (Phi) is 5.99. The molecular formula is C22H24N2O4. The van der Waals surface area contributed by atoms with E-state index in [4.69, 9.17) is 9.47 Å². The molecule has 0 fully saturated rings. The molecule has 1 heterocycles. The van der Waals surface area contributed by atoms with Gasteiger partial charge in [-0.25, -0.2) is 9.59 Å². The van der Waals surface area contributed by atoms with Crippen molar-refractivity contribution in [1.82, 2.24) is 10.2 Å². The predicted molar refractivity (Wildman–Crippen MR) is 106 cm³/mol. The first-order chi connectivity index (χ1) is 13.5. The Balaban J connectivity index is 2.00. The van der Waals surface area contributed by atoms with Gasteiger partial charge in [-0.05, 0) is 37.1 Å². The van der Waals surface area contributed by atoms with Crippen molar-refractivity contribution in [2.45, 2.75) is 26.4 Å².